The van der Waals surface area contributed by atoms with Gasteiger partial charge in [-0.25, -0.2) is 0 Å². The first-order valence-corrected chi connectivity index (χ1v) is 19.3. The van der Waals surface area contributed by atoms with Gasteiger partial charge in [-0.2, -0.15) is 5.26 Å². The molecule has 0 saturated heterocycles. The van der Waals surface area contributed by atoms with Crippen LogP contribution in [0.25, 0.3) is 38.6 Å². The molecule has 3 nitrogen and oxygen atoms in total. The van der Waals surface area contributed by atoms with Gasteiger partial charge in [0, 0.05) is 29.1 Å². The fourth-order valence-electron chi connectivity index (χ4n) is 8.62. The lowest BCUT2D eigenvalue weighted by molar-refractivity contribution is 0.396. The van der Waals surface area contributed by atoms with Crippen molar-refractivity contribution in [3.63, 3.8) is 0 Å². The molecule has 0 spiro atoms. The van der Waals surface area contributed by atoms with E-state index in [0.717, 1.165) is 36.8 Å². The Morgan fingerprint density at radius 2 is 1.41 bits per heavy atom. The first-order valence-electron chi connectivity index (χ1n) is 19.3. The number of allylic oxidation sites excluding steroid dienone is 9. The highest BCUT2D eigenvalue weighted by Gasteiger charge is 2.36. The van der Waals surface area contributed by atoms with Crippen LogP contribution in [-0.2, 0) is 0 Å². The van der Waals surface area contributed by atoms with Crippen LogP contribution in [0.15, 0.2) is 193 Å². The number of hydrogen-bond donors (Lipinski definition) is 2. The molecule has 2 N–H and O–H groups in total. The third-order valence-corrected chi connectivity index (χ3v) is 11.4. The van der Waals surface area contributed by atoms with Gasteiger partial charge in [-0.05, 0) is 93.1 Å². The number of nitrogens with one attached hydrogen (secondary N) is 2. The highest BCUT2D eigenvalue weighted by Crippen LogP contribution is 2.40. The Labute approximate surface area is 318 Å². The minimum Gasteiger partial charge on any atom is -0.365 e. The first kappa shape index (κ1) is 33.6. The van der Waals surface area contributed by atoms with Gasteiger partial charge >= 0.3 is 0 Å². The molecule has 4 unspecified atom stereocenters. The van der Waals surface area contributed by atoms with Gasteiger partial charge in [0.1, 0.15) is 6.17 Å². The molecule has 4 aliphatic rings. The second-order valence-corrected chi connectivity index (χ2v) is 14.7. The molecule has 262 valence electrons. The van der Waals surface area contributed by atoms with Crippen LogP contribution in [0, 0.1) is 17.2 Å². The SMILES string of the molecule is N#Cc1ccc(-c2ccc(-c3ccc(C4C=CC(C5NC(C6=CC=CCC6)=C(c6ccccc6)C(C6C=CC=CC6)N5)=CC4)c4ccccc34)cc2)cc1. The van der Waals surface area contributed by atoms with Crippen molar-refractivity contribution in [1.29, 1.82) is 5.26 Å². The summed E-state index contributed by atoms with van der Waals surface area (Å²) in [5, 5.41) is 19.9. The van der Waals surface area contributed by atoms with Crippen LogP contribution in [0.2, 0.25) is 0 Å². The molecule has 5 aromatic carbocycles. The third kappa shape index (κ3) is 6.62. The first-order chi connectivity index (χ1) is 26.7. The average molecular weight is 698 g/mol. The zero-order valence-electron chi connectivity index (χ0n) is 30.3. The number of fused-ring (bicyclic) bond motifs is 1. The van der Waals surface area contributed by atoms with Gasteiger partial charge in [0.05, 0.1) is 11.6 Å². The van der Waals surface area contributed by atoms with Crippen molar-refractivity contribution >= 4 is 16.3 Å². The molecule has 0 amide bonds. The number of rotatable bonds is 7. The summed E-state index contributed by atoms with van der Waals surface area (Å²) in [7, 11) is 0. The molecule has 3 heteroatoms. The van der Waals surface area contributed by atoms with E-state index < -0.39 is 0 Å². The van der Waals surface area contributed by atoms with E-state index in [0.29, 0.717) is 17.4 Å². The van der Waals surface area contributed by atoms with Gasteiger partial charge in [0.25, 0.3) is 0 Å². The quantitative estimate of drug-likeness (QED) is 0.178. The maximum atomic E-state index is 9.19. The van der Waals surface area contributed by atoms with Gasteiger partial charge in [-0.3, -0.25) is 5.32 Å². The van der Waals surface area contributed by atoms with E-state index in [-0.39, 0.29) is 12.2 Å². The number of benzene rings is 5. The van der Waals surface area contributed by atoms with E-state index in [9.17, 15) is 5.26 Å². The summed E-state index contributed by atoms with van der Waals surface area (Å²) in [6, 6.07) is 43.4. The zero-order valence-corrected chi connectivity index (χ0v) is 30.3. The van der Waals surface area contributed by atoms with Gasteiger partial charge < -0.3 is 5.32 Å². The molecule has 0 fully saturated rings. The summed E-state index contributed by atoms with van der Waals surface area (Å²) < 4.78 is 0. The third-order valence-electron chi connectivity index (χ3n) is 11.4. The summed E-state index contributed by atoms with van der Waals surface area (Å²) in [5.74, 6) is 0.654. The standard InChI is InChI=1S/C51H43N3/c52-34-35-20-22-36(23-21-35)37-24-26-38(27-25-37)44-32-33-45(47-19-11-10-18-46(44)47)39-28-30-43(31-29-39)51-53-49(41-14-6-2-7-15-41)48(40-12-4-1-5-13-40)50(54-51)42-16-8-3-9-17-42/h1-8,10-14,16,18-28,30-33,39,41,49,51,53-54H,9,15,17,29H2. The van der Waals surface area contributed by atoms with Crippen LogP contribution in [0.4, 0.5) is 0 Å². The minimum atomic E-state index is 0.00662. The number of nitrogens with zero attached hydrogens (tertiary/aromatic N) is 1. The molecule has 0 bridgehead atoms. The molecule has 1 heterocycles. The van der Waals surface area contributed by atoms with Crippen molar-refractivity contribution in [3.05, 3.63) is 210 Å². The van der Waals surface area contributed by atoms with Crippen molar-refractivity contribution < 1.29 is 0 Å². The highest BCUT2D eigenvalue weighted by atomic mass is 15.2. The van der Waals surface area contributed by atoms with Gasteiger partial charge in [-0.1, -0.05) is 164 Å². The van der Waals surface area contributed by atoms with Gasteiger partial charge in [0.15, 0.2) is 0 Å². The van der Waals surface area contributed by atoms with Crippen molar-refractivity contribution in [3.8, 4) is 28.3 Å². The summed E-state index contributed by atoms with van der Waals surface area (Å²) in [6.45, 7) is 0. The molecule has 4 atom stereocenters. The van der Waals surface area contributed by atoms with Crippen molar-refractivity contribution in [2.45, 2.75) is 43.8 Å². The number of nitriles is 1. The lowest BCUT2D eigenvalue weighted by Gasteiger charge is -2.42. The molecule has 54 heavy (non-hydrogen) atoms. The van der Waals surface area contributed by atoms with Crippen LogP contribution in [0.1, 0.15) is 48.3 Å². The van der Waals surface area contributed by atoms with Crippen LogP contribution in [0.5, 0.6) is 0 Å². The second kappa shape index (κ2) is 15.0. The fourth-order valence-corrected chi connectivity index (χ4v) is 8.62. The van der Waals surface area contributed by atoms with Crippen molar-refractivity contribution in [2.75, 3.05) is 0 Å². The lowest BCUT2D eigenvalue weighted by Crippen LogP contribution is -2.55. The van der Waals surface area contributed by atoms with E-state index in [2.05, 4.69) is 168 Å². The topological polar surface area (TPSA) is 47.9 Å². The Hall–Kier alpha value is -6.21. The highest BCUT2D eigenvalue weighted by molar-refractivity contribution is 5.99. The summed E-state index contributed by atoms with van der Waals surface area (Å²) in [4.78, 5) is 0. The maximum absolute atomic E-state index is 9.19. The predicted molar refractivity (Wildman–Crippen MR) is 224 cm³/mol. The molecule has 3 aliphatic carbocycles. The summed E-state index contributed by atoms with van der Waals surface area (Å²) in [5.41, 5.74) is 13.4. The van der Waals surface area contributed by atoms with E-state index in [4.69, 9.17) is 0 Å². The molecule has 0 radical (unpaired) electrons. The maximum Gasteiger partial charge on any atom is 0.103 e. The van der Waals surface area contributed by atoms with Gasteiger partial charge in [0.2, 0.25) is 0 Å². The van der Waals surface area contributed by atoms with Crippen LogP contribution >= 0.6 is 0 Å². The zero-order chi connectivity index (χ0) is 36.3. The van der Waals surface area contributed by atoms with Crippen molar-refractivity contribution in [2.24, 2.45) is 5.92 Å². The number of hydrogen-bond acceptors (Lipinski definition) is 3. The minimum absolute atomic E-state index is 0.00662. The molecule has 9 rings (SSSR count). The molecule has 5 aromatic rings. The Morgan fingerprint density at radius 1 is 0.648 bits per heavy atom. The second-order valence-electron chi connectivity index (χ2n) is 14.7. The fraction of sp³-hybridized carbons (Fsp3) is 0.157. The van der Waals surface area contributed by atoms with E-state index >= 15 is 0 Å². The molecule has 1 aliphatic heterocycles. The molecule has 0 aromatic heterocycles. The lowest BCUT2D eigenvalue weighted by atomic mass is 9.79. The Morgan fingerprint density at radius 3 is 2.11 bits per heavy atom. The van der Waals surface area contributed by atoms with Crippen LogP contribution < -0.4 is 10.6 Å². The Balaban J connectivity index is 1.00. The summed E-state index contributed by atoms with van der Waals surface area (Å²) >= 11 is 0. The largest absolute Gasteiger partial charge is 0.365 e. The van der Waals surface area contributed by atoms with E-state index in [1.807, 2.05) is 24.3 Å². The molecule has 0 saturated carbocycles. The molecular formula is C51H43N3. The predicted octanol–water partition coefficient (Wildman–Crippen LogP) is 11.7. The van der Waals surface area contributed by atoms with Crippen molar-refractivity contribution in [1.82, 2.24) is 10.6 Å². The van der Waals surface area contributed by atoms with Gasteiger partial charge in [-0.15, -0.1) is 0 Å². The smallest absolute Gasteiger partial charge is 0.103 e. The summed E-state index contributed by atoms with van der Waals surface area (Å²) in [6.07, 6.45) is 27.2. The molecular weight excluding hydrogens is 655 g/mol. The monoisotopic (exact) mass is 697 g/mol. The van der Waals surface area contributed by atoms with E-state index in [1.165, 1.54) is 55.4 Å². The van der Waals surface area contributed by atoms with E-state index in [1.54, 1.807) is 0 Å². The van der Waals surface area contributed by atoms with Crippen LogP contribution in [-0.4, -0.2) is 12.2 Å². The van der Waals surface area contributed by atoms with Crippen LogP contribution in [0.3, 0.4) is 0 Å². The normalized spacial score (nSPS) is 22.1. The Bertz CT molecular complexity index is 2450. The average Bonchev–Trinajstić information content (AvgIpc) is 3.26. The Kier molecular flexibility index (Phi) is 9.36.